The zero-order valence-electron chi connectivity index (χ0n) is 12.4. The molecule has 0 saturated carbocycles. The number of ether oxygens (including phenoxy) is 1. The SMILES string of the molecule is CC[C@H](N[C@H]1CC(=O)N(c2c(F)cccc2F)C1)C(=O)OC. The topological polar surface area (TPSA) is 58.6 Å². The van der Waals surface area contributed by atoms with Crippen molar-refractivity contribution in [3.8, 4) is 0 Å². The van der Waals surface area contributed by atoms with Crippen molar-refractivity contribution in [1.82, 2.24) is 5.32 Å². The van der Waals surface area contributed by atoms with Crippen molar-refractivity contribution in [3.05, 3.63) is 29.8 Å². The average molecular weight is 312 g/mol. The minimum atomic E-state index is -0.783. The van der Waals surface area contributed by atoms with E-state index in [0.29, 0.717) is 6.42 Å². The van der Waals surface area contributed by atoms with Gasteiger partial charge >= 0.3 is 5.97 Å². The van der Waals surface area contributed by atoms with Gasteiger partial charge in [-0.2, -0.15) is 0 Å². The summed E-state index contributed by atoms with van der Waals surface area (Å²) in [5.41, 5.74) is -0.345. The maximum Gasteiger partial charge on any atom is 0.322 e. The van der Waals surface area contributed by atoms with Crippen molar-refractivity contribution in [2.75, 3.05) is 18.6 Å². The van der Waals surface area contributed by atoms with E-state index in [1.807, 2.05) is 0 Å². The summed E-state index contributed by atoms with van der Waals surface area (Å²) >= 11 is 0. The van der Waals surface area contributed by atoms with E-state index in [2.05, 4.69) is 10.1 Å². The summed E-state index contributed by atoms with van der Waals surface area (Å²) in [6.07, 6.45) is 0.562. The highest BCUT2D eigenvalue weighted by atomic mass is 19.1. The van der Waals surface area contributed by atoms with Crippen molar-refractivity contribution in [2.24, 2.45) is 0 Å². The number of hydrogen-bond donors (Lipinski definition) is 1. The molecule has 2 atom stereocenters. The van der Waals surface area contributed by atoms with Crippen LogP contribution in [0.3, 0.4) is 0 Å². The molecule has 2 rings (SSSR count). The molecule has 0 aromatic heterocycles. The highest BCUT2D eigenvalue weighted by Crippen LogP contribution is 2.27. The van der Waals surface area contributed by atoms with Gasteiger partial charge < -0.3 is 9.64 Å². The molecule has 0 aliphatic carbocycles. The summed E-state index contributed by atoms with van der Waals surface area (Å²) in [5.74, 6) is -2.38. The molecule has 120 valence electrons. The maximum atomic E-state index is 13.8. The van der Waals surface area contributed by atoms with Crippen LogP contribution >= 0.6 is 0 Å². The van der Waals surface area contributed by atoms with Gasteiger partial charge in [0.25, 0.3) is 0 Å². The zero-order valence-corrected chi connectivity index (χ0v) is 12.4. The fraction of sp³-hybridized carbons (Fsp3) is 0.467. The minimum Gasteiger partial charge on any atom is -0.468 e. The molecule has 7 heteroatoms. The van der Waals surface area contributed by atoms with Gasteiger partial charge in [-0.1, -0.05) is 13.0 Å². The number of para-hydroxylation sites is 1. The molecule has 5 nitrogen and oxygen atoms in total. The first kappa shape index (κ1) is 16.4. The first-order chi connectivity index (χ1) is 10.5. The smallest absolute Gasteiger partial charge is 0.322 e. The van der Waals surface area contributed by atoms with Crippen LogP contribution in [0.1, 0.15) is 19.8 Å². The third-order valence-electron chi connectivity index (χ3n) is 3.66. The van der Waals surface area contributed by atoms with E-state index in [4.69, 9.17) is 0 Å². The van der Waals surface area contributed by atoms with Crippen LogP contribution < -0.4 is 10.2 Å². The number of benzene rings is 1. The van der Waals surface area contributed by atoms with Crippen molar-refractivity contribution in [3.63, 3.8) is 0 Å². The van der Waals surface area contributed by atoms with Crippen LogP contribution in [0.25, 0.3) is 0 Å². The van der Waals surface area contributed by atoms with Crippen LogP contribution in [0.5, 0.6) is 0 Å². The third kappa shape index (κ3) is 3.24. The Hall–Kier alpha value is -2.02. The minimum absolute atomic E-state index is 0.0707. The van der Waals surface area contributed by atoms with Gasteiger partial charge in [-0.3, -0.25) is 14.9 Å². The summed E-state index contributed by atoms with van der Waals surface area (Å²) < 4.78 is 32.2. The van der Waals surface area contributed by atoms with E-state index in [0.717, 1.165) is 17.0 Å². The van der Waals surface area contributed by atoms with Crippen LogP contribution in [0, 0.1) is 11.6 Å². The van der Waals surface area contributed by atoms with Crippen LogP contribution in [0.4, 0.5) is 14.5 Å². The number of halogens is 2. The third-order valence-corrected chi connectivity index (χ3v) is 3.66. The predicted octanol–water partition coefficient (Wildman–Crippen LogP) is 1.61. The lowest BCUT2D eigenvalue weighted by Gasteiger charge is -2.21. The Labute approximate surface area is 127 Å². The number of rotatable bonds is 5. The second-order valence-electron chi connectivity index (χ2n) is 5.13. The van der Waals surface area contributed by atoms with E-state index < -0.39 is 23.6 Å². The number of carbonyl (C=O) groups is 2. The molecule has 0 bridgehead atoms. The first-order valence-corrected chi connectivity index (χ1v) is 7.06. The summed E-state index contributed by atoms with van der Waals surface area (Å²) in [4.78, 5) is 24.7. The van der Waals surface area contributed by atoms with Gasteiger partial charge in [0.2, 0.25) is 5.91 Å². The number of anilines is 1. The van der Waals surface area contributed by atoms with Crippen LogP contribution in [0.15, 0.2) is 18.2 Å². The number of nitrogens with zero attached hydrogens (tertiary/aromatic N) is 1. The Bertz CT molecular complexity index is 560. The van der Waals surface area contributed by atoms with Crippen molar-refractivity contribution < 1.29 is 23.1 Å². The molecule has 1 aromatic carbocycles. The van der Waals surface area contributed by atoms with E-state index >= 15 is 0 Å². The lowest BCUT2D eigenvalue weighted by molar-refractivity contribution is -0.143. The van der Waals surface area contributed by atoms with Crippen molar-refractivity contribution in [2.45, 2.75) is 31.8 Å². The zero-order chi connectivity index (χ0) is 16.3. The number of esters is 1. The highest BCUT2D eigenvalue weighted by molar-refractivity contribution is 5.96. The number of nitrogens with one attached hydrogen (secondary N) is 1. The number of hydrogen-bond acceptors (Lipinski definition) is 4. The van der Waals surface area contributed by atoms with Crippen molar-refractivity contribution in [1.29, 1.82) is 0 Å². The summed E-state index contributed by atoms with van der Waals surface area (Å²) in [5, 5.41) is 3.00. The molecular weight excluding hydrogens is 294 g/mol. The monoisotopic (exact) mass is 312 g/mol. The molecule has 22 heavy (non-hydrogen) atoms. The largest absolute Gasteiger partial charge is 0.468 e. The van der Waals surface area contributed by atoms with E-state index in [9.17, 15) is 18.4 Å². The molecule has 1 N–H and O–H groups in total. The molecule has 1 saturated heterocycles. The summed E-state index contributed by atoms with van der Waals surface area (Å²) in [6, 6.07) is 2.55. The summed E-state index contributed by atoms with van der Waals surface area (Å²) in [7, 11) is 1.29. The maximum absolute atomic E-state index is 13.8. The molecule has 1 amide bonds. The second kappa shape index (κ2) is 6.83. The Morgan fingerprint density at radius 2 is 2.09 bits per heavy atom. The molecule has 0 spiro atoms. The molecule has 0 radical (unpaired) electrons. The molecular formula is C15H18F2N2O3. The second-order valence-corrected chi connectivity index (χ2v) is 5.13. The number of amides is 1. The van der Waals surface area contributed by atoms with E-state index in [1.54, 1.807) is 6.92 Å². The van der Waals surface area contributed by atoms with Gasteiger partial charge in [-0.05, 0) is 18.6 Å². The standard InChI is InChI=1S/C15H18F2N2O3/c1-3-12(15(21)22-2)18-9-7-13(20)19(8-9)14-10(16)5-4-6-11(14)17/h4-6,9,12,18H,3,7-8H2,1-2H3/t9-,12-/m0/s1. The molecule has 1 fully saturated rings. The molecule has 1 aromatic rings. The number of methoxy groups -OCH3 is 1. The van der Waals surface area contributed by atoms with Crippen molar-refractivity contribution >= 4 is 17.6 Å². The van der Waals surface area contributed by atoms with E-state index in [1.165, 1.54) is 13.2 Å². The highest BCUT2D eigenvalue weighted by Gasteiger charge is 2.35. The molecule has 1 aliphatic rings. The quantitative estimate of drug-likeness (QED) is 0.839. The summed E-state index contributed by atoms with van der Waals surface area (Å²) in [6.45, 7) is 1.91. The van der Waals surface area contributed by atoms with Crippen LogP contribution in [-0.4, -0.2) is 37.6 Å². The molecule has 1 heterocycles. The predicted molar refractivity (Wildman–Crippen MR) is 76.3 cm³/mol. The number of carbonyl (C=O) groups excluding carboxylic acids is 2. The fourth-order valence-corrected chi connectivity index (χ4v) is 2.56. The van der Waals surface area contributed by atoms with Gasteiger partial charge in [-0.25, -0.2) is 8.78 Å². The fourth-order valence-electron chi connectivity index (χ4n) is 2.56. The molecule has 0 unspecified atom stereocenters. The molecule has 1 aliphatic heterocycles. The Balaban J connectivity index is 2.13. The Kier molecular flexibility index (Phi) is 5.07. The lowest BCUT2D eigenvalue weighted by Crippen LogP contribution is -2.44. The van der Waals surface area contributed by atoms with Crippen LogP contribution in [-0.2, 0) is 14.3 Å². The van der Waals surface area contributed by atoms with Gasteiger partial charge in [-0.15, -0.1) is 0 Å². The Morgan fingerprint density at radius 1 is 1.45 bits per heavy atom. The average Bonchev–Trinajstić information content (AvgIpc) is 2.84. The van der Waals surface area contributed by atoms with E-state index in [-0.39, 0.29) is 30.6 Å². The van der Waals surface area contributed by atoms with Gasteiger partial charge in [0, 0.05) is 19.0 Å². The normalized spacial score (nSPS) is 19.4. The van der Waals surface area contributed by atoms with Gasteiger partial charge in [0.15, 0.2) is 0 Å². The van der Waals surface area contributed by atoms with Gasteiger partial charge in [0.1, 0.15) is 23.4 Å². The lowest BCUT2D eigenvalue weighted by atomic mass is 10.1. The first-order valence-electron chi connectivity index (χ1n) is 7.06. The van der Waals surface area contributed by atoms with Crippen LogP contribution in [0.2, 0.25) is 0 Å². The Morgan fingerprint density at radius 3 is 2.64 bits per heavy atom. The van der Waals surface area contributed by atoms with Gasteiger partial charge in [0.05, 0.1) is 7.11 Å².